The molecule has 2 heterocycles. The van der Waals surface area contributed by atoms with Crippen molar-refractivity contribution in [3.8, 4) is 0 Å². The van der Waals surface area contributed by atoms with Crippen molar-refractivity contribution in [1.29, 1.82) is 0 Å². The van der Waals surface area contributed by atoms with Crippen molar-refractivity contribution >= 4 is 11.6 Å². The summed E-state index contributed by atoms with van der Waals surface area (Å²) in [6, 6.07) is 4.29. The zero-order valence-corrected chi connectivity index (χ0v) is 11.4. The maximum Gasteiger partial charge on any atom is 0.163 e. The molecule has 1 aliphatic rings. The van der Waals surface area contributed by atoms with Gasteiger partial charge >= 0.3 is 0 Å². The van der Waals surface area contributed by atoms with E-state index in [1.807, 2.05) is 12.1 Å². The Bertz CT molecular complexity index is 415. The van der Waals surface area contributed by atoms with Crippen LogP contribution in [0.5, 0.6) is 0 Å². The molecule has 0 radical (unpaired) electrons. The van der Waals surface area contributed by atoms with E-state index in [4.69, 9.17) is 0 Å². The van der Waals surface area contributed by atoms with Crippen molar-refractivity contribution in [2.75, 3.05) is 11.4 Å². The highest BCUT2D eigenvalue weighted by Gasteiger charge is 2.25. The van der Waals surface area contributed by atoms with Gasteiger partial charge in [0.05, 0.1) is 5.56 Å². The number of carbonyl (C=O) groups is 1. The zero-order chi connectivity index (χ0) is 13.0. The van der Waals surface area contributed by atoms with Crippen LogP contribution >= 0.6 is 0 Å². The SMILES string of the molecule is CCCC1CCCCN1c1ncccc1C(C)=O. The molecule has 0 spiro atoms. The molecule has 18 heavy (non-hydrogen) atoms. The van der Waals surface area contributed by atoms with Gasteiger partial charge in [-0.25, -0.2) is 4.98 Å². The Labute approximate surface area is 109 Å². The highest BCUT2D eigenvalue weighted by Crippen LogP contribution is 2.28. The Morgan fingerprint density at radius 1 is 1.50 bits per heavy atom. The lowest BCUT2D eigenvalue weighted by atomic mass is 9.97. The molecule has 2 rings (SSSR count). The third-order valence-corrected chi connectivity index (χ3v) is 3.69. The topological polar surface area (TPSA) is 33.2 Å². The van der Waals surface area contributed by atoms with Crippen molar-refractivity contribution in [3.63, 3.8) is 0 Å². The first-order chi connectivity index (χ1) is 8.74. The molecular weight excluding hydrogens is 224 g/mol. The average Bonchev–Trinajstić information content (AvgIpc) is 2.40. The van der Waals surface area contributed by atoms with Crippen LogP contribution in [0.4, 0.5) is 5.82 Å². The molecule has 0 aromatic carbocycles. The van der Waals surface area contributed by atoms with Gasteiger partial charge in [-0.1, -0.05) is 13.3 Å². The van der Waals surface area contributed by atoms with Crippen molar-refractivity contribution in [3.05, 3.63) is 23.9 Å². The predicted octanol–water partition coefficient (Wildman–Crippen LogP) is 3.44. The Hall–Kier alpha value is -1.38. The van der Waals surface area contributed by atoms with Crippen molar-refractivity contribution in [2.24, 2.45) is 0 Å². The maximum atomic E-state index is 11.7. The quantitative estimate of drug-likeness (QED) is 0.763. The Morgan fingerprint density at radius 3 is 3.06 bits per heavy atom. The van der Waals surface area contributed by atoms with E-state index in [0.29, 0.717) is 6.04 Å². The van der Waals surface area contributed by atoms with Crippen LogP contribution in [0.3, 0.4) is 0 Å². The number of anilines is 1. The number of aromatic nitrogens is 1. The summed E-state index contributed by atoms with van der Waals surface area (Å²) >= 11 is 0. The molecule has 1 unspecified atom stereocenters. The number of pyridine rings is 1. The van der Waals surface area contributed by atoms with Crippen LogP contribution in [0.15, 0.2) is 18.3 Å². The molecule has 0 bridgehead atoms. The molecule has 0 amide bonds. The first-order valence-electron chi connectivity index (χ1n) is 6.96. The van der Waals surface area contributed by atoms with E-state index < -0.39 is 0 Å². The smallest absolute Gasteiger partial charge is 0.163 e. The van der Waals surface area contributed by atoms with Gasteiger partial charge in [-0.3, -0.25) is 4.79 Å². The highest BCUT2D eigenvalue weighted by molar-refractivity contribution is 5.98. The van der Waals surface area contributed by atoms with E-state index >= 15 is 0 Å². The van der Waals surface area contributed by atoms with Crippen LogP contribution in [-0.2, 0) is 0 Å². The lowest BCUT2D eigenvalue weighted by Gasteiger charge is -2.37. The molecule has 98 valence electrons. The summed E-state index contributed by atoms with van der Waals surface area (Å²) in [6.07, 6.45) is 7.88. The highest BCUT2D eigenvalue weighted by atomic mass is 16.1. The van der Waals surface area contributed by atoms with E-state index in [2.05, 4.69) is 16.8 Å². The van der Waals surface area contributed by atoms with Crippen molar-refractivity contribution in [1.82, 2.24) is 4.98 Å². The second-order valence-electron chi connectivity index (χ2n) is 5.06. The van der Waals surface area contributed by atoms with Crippen molar-refractivity contribution < 1.29 is 4.79 Å². The van der Waals surface area contributed by atoms with Crippen LogP contribution < -0.4 is 4.90 Å². The predicted molar refractivity (Wildman–Crippen MR) is 74.1 cm³/mol. The lowest BCUT2D eigenvalue weighted by molar-refractivity contribution is 0.101. The molecule has 1 aromatic rings. The van der Waals surface area contributed by atoms with Gasteiger partial charge in [-0.2, -0.15) is 0 Å². The summed E-state index contributed by atoms with van der Waals surface area (Å²) in [5.74, 6) is 1.00. The van der Waals surface area contributed by atoms with Crippen LogP contribution in [0, 0.1) is 0 Å². The van der Waals surface area contributed by atoms with Gasteiger partial charge in [0.2, 0.25) is 0 Å². The normalized spacial score (nSPS) is 19.9. The fourth-order valence-electron chi connectivity index (χ4n) is 2.81. The van der Waals surface area contributed by atoms with Gasteiger partial charge in [-0.05, 0) is 44.7 Å². The van der Waals surface area contributed by atoms with E-state index in [1.54, 1.807) is 13.1 Å². The van der Waals surface area contributed by atoms with E-state index in [-0.39, 0.29) is 5.78 Å². The van der Waals surface area contributed by atoms with Gasteiger partial charge in [0, 0.05) is 18.8 Å². The molecule has 1 saturated heterocycles. The number of nitrogens with zero attached hydrogens (tertiary/aromatic N) is 2. The van der Waals surface area contributed by atoms with Gasteiger partial charge < -0.3 is 4.90 Å². The molecule has 1 atom stereocenters. The molecule has 1 fully saturated rings. The third-order valence-electron chi connectivity index (χ3n) is 3.69. The average molecular weight is 246 g/mol. The van der Waals surface area contributed by atoms with E-state index in [1.165, 1.54) is 32.1 Å². The molecule has 1 aliphatic heterocycles. The lowest BCUT2D eigenvalue weighted by Crippen LogP contribution is -2.40. The minimum Gasteiger partial charge on any atom is -0.353 e. The minimum atomic E-state index is 0.110. The first kappa shape index (κ1) is 13.1. The molecule has 3 nitrogen and oxygen atoms in total. The summed E-state index contributed by atoms with van der Waals surface area (Å²) in [5.41, 5.74) is 0.764. The fraction of sp³-hybridized carbons (Fsp3) is 0.600. The number of ketones is 1. The van der Waals surface area contributed by atoms with Crippen LogP contribution in [-0.4, -0.2) is 23.4 Å². The molecule has 0 N–H and O–H groups in total. The van der Waals surface area contributed by atoms with Crippen molar-refractivity contribution in [2.45, 2.75) is 52.0 Å². The maximum absolute atomic E-state index is 11.7. The number of Topliss-reactive ketones (excluding diaryl/α,β-unsaturated/α-hetero) is 1. The van der Waals surface area contributed by atoms with E-state index in [0.717, 1.165) is 17.9 Å². The second-order valence-corrected chi connectivity index (χ2v) is 5.06. The van der Waals surface area contributed by atoms with Gasteiger partial charge in [0.1, 0.15) is 5.82 Å². The van der Waals surface area contributed by atoms with Crippen LogP contribution in [0.2, 0.25) is 0 Å². The standard InChI is InChI=1S/C15H22N2O/c1-3-7-13-8-4-5-11-17(13)15-14(12(2)18)9-6-10-16-15/h6,9-10,13H,3-5,7-8,11H2,1-2H3. The number of carbonyl (C=O) groups excluding carboxylic acids is 1. The Kier molecular flexibility index (Phi) is 4.34. The first-order valence-corrected chi connectivity index (χ1v) is 6.96. The summed E-state index contributed by atoms with van der Waals surface area (Å²) in [4.78, 5) is 18.5. The Balaban J connectivity index is 2.30. The van der Waals surface area contributed by atoms with Gasteiger partial charge in [0.15, 0.2) is 5.78 Å². The monoisotopic (exact) mass is 246 g/mol. The van der Waals surface area contributed by atoms with Crippen LogP contribution in [0.1, 0.15) is 56.3 Å². The van der Waals surface area contributed by atoms with Gasteiger partial charge in [-0.15, -0.1) is 0 Å². The van der Waals surface area contributed by atoms with Gasteiger partial charge in [0.25, 0.3) is 0 Å². The largest absolute Gasteiger partial charge is 0.353 e. The van der Waals surface area contributed by atoms with E-state index in [9.17, 15) is 4.79 Å². The third kappa shape index (κ3) is 2.71. The number of rotatable bonds is 4. The molecule has 3 heteroatoms. The molecule has 0 aliphatic carbocycles. The second kappa shape index (κ2) is 5.98. The Morgan fingerprint density at radius 2 is 2.33 bits per heavy atom. The zero-order valence-electron chi connectivity index (χ0n) is 11.4. The summed E-state index contributed by atoms with van der Waals surface area (Å²) in [7, 11) is 0. The minimum absolute atomic E-state index is 0.110. The fourth-order valence-corrected chi connectivity index (χ4v) is 2.81. The number of hydrogen-bond acceptors (Lipinski definition) is 3. The number of piperidine rings is 1. The molecule has 0 saturated carbocycles. The summed E-state index contributed by atoms with van der Waals surface area (Å²) in [5, 5.41) is 0. The molecule has 1 aromatic heterocycles. The number of hydrogen-bond donors (Lipinski definition) is 0. The molecular formula is C15H22N2O. The summed E-state index contributed by atoms with van der Waals surface area (Å²) < 4.78 is 0. The van der Waals surface area contributed by atoms with Crippen LogP contribution in [0.25, 0.3) is 0 Å². The summed E-state index contributed by atoms with van der Waals surface area (Å²) in [6.45, 7) is 4.87.